The SMILES string of the molecule is COCCNCc1cccc(F)c1SCC(O)CO. The second-order valence-electron chi connectivity index (χ2n) is 4.05. The van der Waals surface area contributed by atoms with Gasteiger partial charge in [-0.25, -0.2) is 4.39 Å². The summed E-state index contributed by atoms with van der Waals surface area (Å²) >= 11 is 1.21. The molecule has 1 unspecified atom stereocenters. The molecule has 19 heavy (non-hydrogen) atoms. The Morgan fingerprint density at radius 2 is 2.26 bits per heavy atom. The Balaban J connectivity index is 2.61. The zero-order valence-electron chi connectivity index (χ0n) is 10.9. The third kappa shape index (κ3) is 5.88. The molecule has 0 saturated heterocycles. The topological polar surface area (TPSA) is 61.7 Å². The van der Waals surface area contributed by atoms with E-state index in [1.54, 1.807) is 13.2 Å². The van der Waals surface area contributed by atoms with Gasteiger partial charge in [0.1, 0.15) is 5.82 Å². The van der Waals surface area contributed by atoms with E-state index in [1.165, 1.54) is 17.8 Å². The van der Waals surface area contributed by atoms with Gasteiger partial charge in [0.15, 0.2) is 0 Å². The standard InChI is InChI=1S/C13H20FNO3S/c1-18-6-5-15-7-10-3-2-4-12(14)13(10)19-9-11(17)8-16/h2-4,11,15-17H,5-9H2,1H3. The van der Waals surface area contributed by atoms with Crippen LogP contribution in [0.25, 0.3) is 0 Å². The van der Waals surface area contributed by atoms with Crippen LogP contribution in [0.15, 0.2) is 23.1 Å². The monoisotopic (exact) mass is 289 g/mol. The molecule has 0 bridgehead atoms. The highest BCUT2D eigenvalue weighted by Gasteiger charge is 2.11. The second-order valence-corrected chi connectivity index (χ2v) is 5.08. The molecule has 0 spiro atoms. The van der Waals surface area contributed by atoms with Crippen molar-refractivity contribution in [3.63, 3.8) is 0 Å². The smallest absolute Gasteiger partial charge is 0.137 e. The molecular formula is C13H20FNO3S. The van der Waals surface area contributed by atoms with Gasteiger partial charge in [-0.2, -0.15) is 0 Å². The first-order valence-electron chi connectivity index (χ1n) is 6.07. The molecule has 1 aromatic carbocycles. The van der Waals surface area contributed by atoms with Crippen LogP contribution >= 0.6 is 11.8 Å². The molecule has 6 heteroatoms. The van der Waals surface area contributed by atoms with Crippen molar-refractivity contribution >= 4 is 11.8 Å². The first kappa shape index (κ1) is 16.4. The number of rotatable bonds is 9. The molecule has 0 aliphatic carbocycles. The summed E-state index contributed by atoms with van der Waals surface area (Å²) in [5, 5.41) is 21.2. The normalized spacial score (nSPS) is 12.6. The number of hydrogen-bond acceptors (Lipinski definition) is 5. The zero-order valence-corrected chi connectivity index (χ0v) is 11.8. The summed E-state index contributed by atoms with van der Waals surface area (Å²) in [5.74, 6) is -0.0381. The molecular weight excluding hydrogens is 269 g/mol. The van der Waals surface area contributed by atoms with Crippen molar-refractivity contribution in [2.75, 3.05) is 32.6 Å². The molecule has 0 amide bonds. The summed E-state index contributed by atoms with van der Waals surface area (Å²) in [6.45, 7) is 1.51. The van der Waals surface area contributed by atoms with Crippen LogP contribution in [0.3, 0.4) is 0 Å². The Morgan fingerprint density at radius 3 is 2.95 bits per heavy atom. The molecule has 108 valence electrons. The van der Waals surface area contributed by atoms with Gasteiger partial charge in [-0.05, 0) is 11.6 Å². The lowest BCUT2D eigenvalue weighted by Gasteiger charge is -2.12. The first-order valence-corrected chi connectivity index (χ1v) is 7.06. The number of nitrogens with one attached hydrogen (secondary N) is 1. The number of hydrogen-bond donors (Lipinski definition) is 3. The van der Waals surface area contributed by atoms with Crippen LogP contribution in [0.4, 0.5) is 4.39 Å². The molecule has 1 aromatic rings. The maximum absolute atomic E-state index is 13.8. The van der Waals surface area contributed by atoms with Gasteiger partial charge in [-0.3, -0.25) is 0 Å². The highest BCUT2D eigenvalue weighted by Crippen LogP contribution is 2.26. The Morgan fingerprint density at radius 1 is 1.47 bits per heavy atom. The fourth-order valence-corrected chi connectivity index (χ4v) is 2.48. The maximum Gasteiger partial charge on any atom is 0.137 e. The Labute approximate surface area is 117 Å². The summed E-state index contributed by atoms with van der Waals surface area (Å²) in [4.78, 5) is 0.514. The molecule has 0 radical (unpaired) electrons. The van der Waals surface area contributed by atoms with Crippen molar-refractivity contribution in [1.82, 2.24) is 5.32 Å². The van der Waals surface area contributed by atoms with E-state index in [-0.39, 0.29) is 18.2 Å². The van der Waals surface area contributed by atoms with Crippen molar-refractivity contribution in [2.24, 2.45) is 0 Å². The number of halogens is 1. The molecule has 0 aromatic heterocycles. The van der Waals surface area contributed by atoms with Gasteiger partial charge in [0.2, 0.25) is 0 Å². The Hall–Kier alpha value is -0.660. The van der Waals surface area contributed by atoms with Gasteiger partial charge >= 0.3 is 0 Å². The van der Waals surface area contributed by atoms with Crippen molar-refractivity contribution in [3.8, 4) is 0 Å². The van der Waals surface area contributed by atoms with E-state index in [0.29, 0.717) is 24.6 Å². The van der Waals surface area contributed by atoms with Crippen LogP contribution in [0.5, 0.6) is 0 Å². The molecule has 3 N–H and O–H groups in total. The Bertz CT molecular complexity index is 379. The average Bonchev–Trinajstić information content (AvgIpc) is 2.42. The Kier molecular flexibility index (Phi) is 8.00. The number of aliphatic hydroxyl groups is 2. The van der Waals surface area contributed by atoms with Gasteiger partial charge in [-0.1, -0.05) is 12.1 Å². The maximum atomic E-state index is 13.8. The third-order valence-electron chi connectivity index (χ3n) is 2.48. The van der Waals surface area contributed by atoms with E-state index in [0.717, 1.165) is 5.56 Å². The highest BCUT2D eigenvalue weighted by molar-refractivity contribution is 7.99. The van der Waals surface area contributed by atoms with E-state index >= 15 is 0 Å². The molecule has 0 heterocycles. The summed E-state index contributed by atoms with van der Waals surface area (Å²) in [7, 11) is 1.63. The van der Waals surface area contributed by atoms with Gasteiger partial charge in [-0.15, -0.1) is 11.8 Å². The summed E-state index contributed by atoms with van der Waals surface area (Å²) < 4.78 is 18.7. The lowest BCUT2D eigenvalue weighted by Crippen LogP contribution is -2.19. The minimum Gasteiger partial charge on any atom is -0.394 e. The van der Waals surface area contributed by atoms with Gasteiger partial charge in [0, 0.05) is 30.8 Å². The van der Waals surface area contributed by atoms with Crippen molar-refractivity contribution in [2.45, 2.75) is 17.5 Å². The lowest BCUT2D eigenvalue weighted by molar-refractivity contribution is 0.113. The first-order chi connectivity index (χ1) is 9.19. The second kappa shape index (κ2) is 9.28. The summed E-state index contributed by atoms with van der Waals surface area (Å²) in [5.41, 5.74) is 0.839. The largest absolute Gasteiger partial charge is 0.394 e. The van der Waals surface area contributed by atoms with Crippen molar-refractivity contribution in [3.05, 3.63) is 29.6 Å². The van der Waals surface area contributed by atoms with E-state index in [2.05, 4.69) is 5.32 Å². The minimum absolute atomic E-state index is 0.266. The zero-order chi connectivity index (χ0) is 14.1. The third-order valence-corrected chi connectivity index (χ3v) is 3.78. The fraction of sp³-hybridized carbons (Fsp3) is 0.538. The average molecular weight is 289 g/mol. The van der Waals surface area contributed by atoms with Crippen LogP contribution in [-0.2, 0) is 11.3 Å². The number of aliphatic hydroxyl groups excluding tert-OH is 2. The van der Waals surface area contributed by atoms with Gasteiger partial charge < -0.3 is 20.3 Å². The van der Waals surface area contributed by atoms with Gasteiger partial charge in [0.05, 0.1) is 19.3 Å². The summed E-state index contributed by atoms with van der Waals surface area (Å²) in [6, 6.07) is 4.90. The fourth-order valence-electron chi connectivity index (χ4n) is 1.48. The van der Waals surface area contributed by atoms with Crippen LogP contribution < -0.4 is 5.32 Å². The van der Waals surface area contributed by atoms with E-state index in [9.17, 15) is 9.50 Å². The summed E-state index contributed by atoms with van der Waals surface area (Å²) in [6.07, 6.45) is -0.834. The minimum atomic E-state index is -0.834. The molecule has 0 aliphatic rings. The molecule has 1 rings (SSSR count). The molecule has 0 fully saturated rings. The molecule has 0 saturated carbocycles. The molecule has 0 aliphatic heterocycles. The highest BCUT2D eigenvalue weighted by atomic mass is 32.2. The number of benzene rings is 1. The number of methoxy groups -OCH3 is 1. The van der Waals surface area contributed by atoms with E-state index < -0.39 is 6.10 Å². The van der Waals surface area contributed by atoms with Crippen LogP contribution in [-0.4, -0.2) is 48.9 Å². The number of thioether (sulfide) groups is 1. The van der Waals surface area contributed by atoms with E-state index in [4.69, 9.17) is 9.84 Å². The van der Waals surface area contributed by atoms with Crippen molar-refractivity contribution in [1.29, 1.82) is 0 Å². The van der Waals surface area contributed by atoms with Crippen molar-refractivity contribution < 1.29 is 19.3 Å². The lowest BCUT2D eigenvalue weighted by atomic mass is 10.2. The molecule has 4 nitrogen and oxygen atoms in total. The van der Waals surface area contributed by atoms with Crippen LogP contribution in [0.2, 0.25) is 0 Å². The van der Waals surface area contributed by atoms with Crippen LogP contribution in [0.1, 0.15) is 5.56 Å². The predicted molar refractivity (Wildman–Crippen MR) is 73.8 cm³/mol. The number of ether oxygens (including phenoxy) is 1. The predicted octanol–water partition coefficient (Wildman–Crippen LogP) is 1.01. The van der Waals surface area contributed by atoms with Crippen LogP contribution in [0, 0.1) is 5.82 Å². The quantitative estimate of drug-likeness (QED) is 0.468. The van der Waals surface area contributed by atoms with E-state index in [1.807, 2.05) is 6.07 Å². The van der Waals surface area contributed by atoms with Gasteiger partial charge in [0.25, 0.3) is 0 Å². The molecule has 1 atom stereocenters.